The lowest BCUT2D eigenvalue weighted by atomic mass is 10.0. The Kier molecular flexibility index (Phi) is 6.20. The summed E-state index contributed by atoms with van der Waals surface area (Å²) in [6, 6.07) is 12.5. The first-order chi connectivity index (χ1) is 13.3. The summed E-state index contributed by atoms with van der Waals surface area (Å²) < 4.78 is 27.8. The fraction of sp³-hybridized carbons (Fsp3) is 0.409. The van der Waals surface area contributed by atoms with Gasteiger partial charge in [0.15, 0.2) is 0 Å². The smallest absolute Gasteiger partial charge is 0.243 e. The normalized spacial score (nSPS) is 18.0. The molecule has 0 bridgehead atoms. The van der Waals surface area contributed by atoms with E-state index in [1.54, 1.807) is 24.3 Å². The lowest BCUT2D eigenvalue weighted by Gasteiger charge is -2.34. The Bertz CT molecular complexity index is 932. The number of hydrogen-bond acceptors (Lipinski definition) is 3. The number of nitrogens with zero attached hydrogens (tertiary/aromatic N) is 1. The van der Waals surface area contributed by atoms with Gasteiger partial charge < -0.3 is 5.32 Å². The number of carbonyl (C=O) groups excluding carboxylic acids is 1. The van der Waals surface area contributed by atoms with E-state index in [9.17, 15) is 13.2 Å². The van der Waals surface area contributed by atoms with E-state index in [1.165, 1.54) is 4.31 Å². The SMILES string of the molecule is Cc1ccc(S(=O)(=O)N2CCCC[C@H]2CC(=O)Nc2c(C)cccc2C)cc1. The van der Waals surface area contributed by atoms with Crippen molar-refractivity contribution in [1.29, 1.82) is 0 Å². The molecule has 1 aliphatic heterocycles. The number of benzene rings is 2. The van der Waals surface area contributed by atoms with Crippen molar-refractivity contribution in [2.24, 2.45) is 0 Å². The Labute approximate surface area is 167 Å². The van der Waals surface area contributed by atoms with Gasteiger partial charge in [-0.3, -0.25) is 4.79 Å². The molecule has 3 rings (SSSR count). The molecule has 2 aromatic carbocycles. The van der Waals surface area contributed by atoms with Gasteiger partial charge in [-0.25, -0.2) is 8.42 Å². The number of amides is 1. The molecule has 0 unspecified atom stereocenters. The number of aryl methyl sites for hydroxylation is 3. The highest BCUT2D eigenvalue weighted by Gasteiger charge is 2.34. The predicted molar refractivity (Wildman–Crippen MR) is 112 cm³/mol. The average Bonchev–Trinajstić information content (AvgIpc) is 2.65. The highest BCUT2D eigenvalue weighted by molar-refractivity contribution is 7.89. The summed E-state index contributed by atoms with van der Waals surface area (Å²) in [6.07, 6.45) is 2.62. The quantitative estimate of drug-likeness (QED) is 0.819. The van der Waals surface area contributed by atoms with Crippen LogP contribution < -0.4 is 5.32 Å². The first kappa shape index (κ1) is 20.6. The van der Waals surface area contributed by atoms with Gasteiger partial charge >= 0.3 is 0 Å². The molecular formula is C22H28N2O3S. The van der Waals surface area contributed by atoms with Crippen molar-refractivity contribution >= 4 is 21.6 Å². The van der Waals surface area contributed by atoms with Crippen molar-refractivity contribution in [2.45, 2.75) is 57.4 Å². The van der Waals surface area contributed by atoms with E-state index in [4.69, 9.17) is 0 Å². The van der Waals surface area contributed by atoms with Gasteiger partial charge in [0.2, 0.25) is 15.9 Å². The summed E-state index contributed by atoms with van der Waals surface area (Å²) in [4.78, 5) is 13.0. The Morgan fingerprint density at radius 2 is 1.68 bits per heavy atom. The number of nitrogens with one attached hydrogen (secondary N) is 1. The van der Waals surface area contributed by atoms with Gasteiger partial charge in [0, 0.05) is 24.7 Å². The minimum atomic E-state index is -3.61. The van der Waals surface area contributed by atoms with E-state index in [0.717, 1.165) is 35.2 Å². The Hall–Kier alpha value is -2.18. The zero-order chi connectivity index (χ0) is 20.3. The van der Waals surface area contributed by atoms with Crippen molar-refractivity contribution in [3.63, 3.8) is 0 Å². The van der Waals surface area contributed by atoms with E-state index >= 15 is 0 Å². The highest BCUT2D eigenvalue weighted by atomic mass is 32.2. The van der Waals surface area contributed by atoms with Gasteiger partial charge in [-0.2, -0.15) is 4.31 Å². The van der Waals surface area contributed by atoms with Crippen LogP contribution in [0.15, 0.2) is 47.4 Å². The van der Waals surface area contributed by atoms with Gasteiger partial charge in [0.25, 0.3) is 0 Å². The predicted octanol–water partition coefficient (Wildman–Crippen LogP) is 4.18. The van der Waals surface area contributed by atoms with Crippen LogP contribution in [0.4, 0.5) is 5.69 Å². The van der Waals surface area contributed by atoms with Gasteiger partial charge in [-0.15, -0.1) is 0 Å². The number of para-hydroxylation sites is 1. The fourth-order valence-electron chi connectivity index (χ4n) is 3.76. The third kappa shape index (κ3) is 4.45. The molecule has 1 aliphatic rings. The Morgan fingerprint density at radius 3 is 2.32 bits per heavy atom. The fourth-order valence-corrected chi connectivity index (χ4v) is 5.45. The summed E-state index contributed by atoms with van der Waals surface area (Å²) in [6.45, 7) is 6.30. The first-order valence-corrected chi connectivity index (χ1v) is 11.2. The lowest BCUT2D eigenvalue weighted by molar-refractivity contribution is -0.117. The van der Waals surface area contributed by atoms with Crippen molar-refractivity contribution in [1.82, 2.24) is 4.31 Å². The molecule has 150 valence electrons. The Balaban J connectivity index is 1.78. The van der Waals surface area contributed by atoms with Crippen LogP contribution in [0.25, 0.3) is 0 Å². The van der Waals surface area contributed by atoms with Gasteiger partial charge in [0.05, 0.1) is 4.90 Å². The zero-order valence-electron chi connectivity index (χ0n) is 16.7. The zero-order valence-corrected chi connectivity index (χ0v) is 17.6. The largest absolute Gasteiger partial charge is 0.326 e. The van der Waals surface area contributed by atoms with Gasteiger partial charge in [-0.1, -0.05) is 42.3 Å². The van der Waals surface area contributed by atoms with Gasteiger partial charge in [-0.05, 0) is 56.9 Å². The number of piperidine rings is 1. The van der Waals surface area contributed by atoms with Crippen LogP contribution in [0.3, 0.4) is 0 Å². The summed E-state index contributed by atoms with van der Waals surface area (Å²) in [7, 11) is -3.61. The van der Waals surface area contributed by atoms with Crippen LogP contribution in [0.2, 0.25) is 0 Å². The van der Waals surface area contributed by atoms with E-state index in [-0.39, 0.29) is 18.4 Å². The molecule has 0 radical (unpaired) electrons. The standard InChI is InChI=1S/C22H28N2O3S/c1-16-10-12-20(13-11-16)28(26,27)24-14-5-4-9-19(24)15-21(25)23-22-17(2)7-6-8-18(22)3/h6-8,10-13,19H,4-5,9,14-15H2,1-3H3,(H,23,25)/t19-/m0/s1. The molecule has 0 saturated carbocycles. The first-order valence-electron chi connectivity index (χ1n) is 9.73. The van der Waals surface area contributed by atoms with Crippen LogP contribution in [-0.4, -0.2) is 31.2 Å². The summed E-state index contributed by atoms with van der Waals surface area (Å²) in [5, 5.41) is 2.98. The molecule has 0 aromatic heterocycles. The molecule has 0 spiro atoms. The minimum Gasteiger partial charge on any atom is -0.326 e. The molecular weight excluding hydrogens is 372 g/mol. The maximum atomic E-state index is 13.2. The van der Waals surface area contributed by atoms with Crippen LogP contribution in [-0.2, 0) is 14.8 Å². The maximum absolute atomic E-state index is 13.2. The number of carbonyl (C=O) groups is 1. The molecule has 5 nitrogen and oxygen atoms in total. The second kappa shape index (κ2) is 8.45. The molecule has 6 heteroatoms. The highest BCUT2D eigenvalue weighted by Crippen LogP contribution is 2.28. The van der Waals surface area contributed by atoms with Crippen molar-refractivity contribution < 1.29 is 13.2 Å². The third-order valence-electron chi connectivity index (χ3n) is 5.37. The number of sulfonamides is 1. The van der Waals surface area contributed by atoms with E-state index in [1.807, 2.05) is 39.0 Å². The van der Waals surface area contributed by atoms with Crippen LogP contribution in [0.5, 0.6) is 0 Å². The molecule has 0 aliphatic carbocycles. The van der Waals surface area contributed by atoms with Crippen molar-refractivity contribution in [3.8, 4) is 0 Å². The second-order valence-electron chi connectivity index (χ2n) is 7.60. The van der Waals surface area contributed by atoms with Crippen LogP contribution in [0.1, 0.15) is 42.4 Å². The molecule has 1 heterocycles. The molecule has 2 aromatic rings. The average molecular weight is 401 g/mol. The van der Waals surface area contributed by atoms with Gasteiger partial charge in [0.1, 0.15) is 0 Å². The topological polar surface area (TPSA) is 66.5 Å². The van der Waals surface area contributed by atoms with E-state index in [0.29, 0.717) is 17.9 Å². The minimum absolute atomic E-state index is 0.145. The monoisotopic (exact) mass is 400 g/mol. The molecule has 28 heavy (non-hydrogen) atoms. The summed E-state index contributed by atoms with van der Waals surface area (Å²) in [5.74, 6) is -0.145. The number of hydrogen-bond donors (Lipinski definition) is 1. The lowest BCUT2D eigenvalue weighted by Crippen LogP contribution is -2.45. The number of anilines is 1. The molecule has 1 saturated heterocycles. The number of rotatable bonds is 5. The van der Waals surface area contributed by atoms with Crippen molar-refractivity contribution in [2.75, 3.05) is 11.9 Å². The summed E-state index contributed by atoms with van der Waals surface area (Å²) in [5.41, 5.74) is 3.83. The Morgan fingerprint density at radius 1 is 1.04 bits per heavy atom. The van der Waals surface area contributed by atoms with Crippen LogP contribution in [0, 0.1) is 20.8 Å². The summed E-state index contributed by atoms with van der Waals surface area (Å²) >= 11 is 0. The van der Waals surface area contributed by atoms with E-state index in [2.05, 4.69) is 5.32 Å². The molecule has 1 N–H and O–H groups in total. The van der Waals surface area contributed by atoms with Crippen LogP contribution >= 0.6 is 0 Å². The molecule has 1 atom stereocenters. The third-order valence-corrected chi connectivity index (χ3v) is 7.33. The maximum Gasteiger partial charge on any atom is 0.243 e. The molecule has 1 amide bonds. The van der Waals surface area contributed by atoms with Crippen molar-refractivity contribution in [3.05, 3.63) is 59.2 Å². The second-order valence-corrected chi connectivity index (χ2v) is 9.49. The van der Waals surface area contributed by atoms with E-state index < -0.39 is 10.0 Å². The molecule has 1 fully saturated rings.